The summed E-state index contributed by atoms with van der Waals surface area (Å²) in [6.45, 7) is 0. The molecule has 110 valence electrons. The lowest BCUT2D eigenvalue weighted by Crippen LogP contribution is -2.14. The summed E-state index contributed by atoms with van der Waals surface area (Å²) in [6.07, 6.45) is 0. The molecule has 0 aliphatic rings. The number of carbonyl (C=O) groups excluding carboxylic acids is 1. The van der Waals surface area contributed by atoms with Crippen LogP contribution in [0.4, 0.5) is 14.5 Å². The number of nitrogens with one attached hydrogen (secondary N) is 1. The van der Waals surface area contributed by atoms with E-state index >= 15 is 0 Å². The van der Waals surface area contributed by atoms with Gasteiger partial charge in [-0.1, -0.05) is 18.2 Å². The zero-order valence-electron chi connectivity index (χ0n) is 10.3. The summed E-state index contributed by atoms with van der Waals surface area (Å²) in [4.78, 5) is 11.1. The molecule has 4 nitrogen and oxygen atoms in total. The number of amides is 1. The van der Waals surface area contributed by atoms with Crippen LogP contribution in [-0.2, 0) is 9.05 Å². The first-order valence-corrected chi connectivity index (χ1v) is 7.90. The standard InChI is InChI=1S/C13H8ClF2NO3S/c14-21(19,20)9-6-10(15)12(11(16)7-9)17-13(18)8-4-2-1-3-5-8/h1-7H,(H,17,18). The Morgan fingerprint density at radius 3 is 2.05 bits per heavy atom. The molecule has 2 rings (SSSR count). The molecule has 0 saturated heterocycles. The second kappa shape index (κ2) is 5.79. The number of anilines is 1. The number of hydrogen-bond acceptors (Lipinski definition) is 3. The second-order valence-corrected chi connectivity index (χ2v) is 6.59. The molecule has 0 atom stereocenters. The van der Waals surface area contributed by atoms with Gasteiger partial charge in [0.15, 0.2) is 11.6 Å². The van der Waals surface area contributed by atoms with Crippen molar-refractivity contribution in [1.29, 1.82) is 0 Å². The summed E-state index contributed by atoms with van der Waals surface area (Å²) < 4.78 is 49.6. The Bertz CT molecular complexity index is 771. The zero-order chi connectivity index (χ0) is 15.6. The fourth-order valence-electron chi connectivity index (χ4n) is 1.59. The van der Waals surface area contributed by atoms with Crippen molar-refractivity contribution >= 4 is 31.3 Å². The molecule has 0 aromatic heterocycles. The third-order valence-electron chi connectivity index (χ3n) is 2.57. The van der Waals surface area contributed by atoms with E-state index < -0.39 is 37.2 Å². The van der Waals surface area contributed by atoms with Gasteiger partial charge >= 0.3 is 0 Å². The van der Waals surface area contributed by atoms with Crippen LogP contribution in [-0.4, -0.2) is 14.3 Å². The highest BCUT2D eigenvalue weighted by molar-refractivity contribution is 8.13. The van der Waals surface area contributed by atoms with Crippen molar-refractivity contribution in [3.05, 3.63) is 59.7 Å². The minimum atomic E-state index is -4.27. The van der Waals surface area contributed by atoms with Gasteiger partial charge in [-0.15, -0.1) is 0 Å². The maximum absolute atomic E-state index is 13.7. The highest BCUT2D eigenvalue weighted by atomic mass is 35.7. The largest absolute Gasteiger partial charge is 0.317 e. The van der Waals surface area contributed by atoms with Crippen LogP contribution < -0.4 is 5.32 Å². The average molecular weight is 332 g/mol. The fraction of sp³-hybridized carbons (Fsp3) is 0. The Labute approximate surface area is 123 Å². The molecule has 0 unspecified atom stereocenters. The molecule has 1 N–H and O–H groups in total. The molecule has 2 aromatic carbocycles. The lowest BCUT2D eigenvalue weighted by Gasteiger charge is -2.08. The van der Waals surface area contributed by atoms with Gasteiger partial charge in [-0.05, 0) is 24.3 Å². The van der Waals surface area contributed by atoms with Gasteiger partial charge in [-0.25, -0.2) is 17.2 Å². The van der Waals surface area contributed by atoms with Crippen molar-refractivity contribution in [3.63, 3.8) is 0 Å². The van der Waals surface area contributed by atoms with E-state index in [4.69, 9.17) is 10.7 Å². The molecule has 0 fully saturated rings. The Kier molecular flexibility index (Phi) is 4.24. The first-order valence-electron chi connectivity index (χ1n) is 5.59. The van der Waals surface area contributed by atoms with E-state index in [1.807, 2.05) is 5.32 Å². The van der Waals surface area contributed by atoms with E-state index in [-0.39, 0.29) is 5.56 Å². The van der Waals surface area contributed by atoms with Gasteiger partial charge in [0.1, 0.15) is 5.69 Å². The first kappa shape index (κ1) is 15.4. The predicted molar refractivity (Wildman–Crippen MR) is 73.8 cm³/mol. The quantitative estimate of drug-likeness (QED) is 0.879. The van der Waals surface area contributed by atoms with E-state index in [2.05, 4.69) is 0 Å². The van der Waals surface area contributed by atoms with Crippen molar-refractivity contribution < 1.29 is 22.0 Å². The number of carbonyl (C=O) groups is 1. The van der Waals surface area contributed by atoms with Gasteiger partial charge in [0.05, 0.1) is 4.90 Å². The fourth-order valence-corrected chi connectivity index (χ4v) is 2.34. The van der Waals surface area contributed by atoms with Gasteiger partial charge < -0.3 is 5.32 Å². The van der Waals surface area contributed by atoms with Crippen molar-refractivity contribution in [2.24, 2.45) is 0 Å². The normalized spacial score (nSPS) is 11.2. The van der Waals surface area contributed by atoms with E-state index in [1.54, 1.807) is 18.2 Å². The molecule has 0 saturated carbocycles. The van der Waals surface area contributed by atoms with Crippen molar-refractivity contribution in [2.45, 2.75) is 4.90 Å². The van der Waals surface area contributed by atoms with E-state index in [1.165, 1.54) is 12.1 Å². The summed E-state index contributed by atoms with van der Waals surface area (Å²) in [5.74, 6) is -3.20. The number of benzene rings is 2. The molecule has 2 aromatic rings. The number of halogens is 3. The van der Waals surface area contributed by atoms with Gasteiger partial charge in [0, 0.05) is 16.2 Å². The molecule has 0 bridgehead atoms. The van der Waals surface area contributed by atoms with E-state index in [9.17, 15) is 22.0 Å². The molecule has 0 heterocycles. The minimum absolute atomic E-state index is 0.199. The molecule has 0 radical (unpaired) electrons. The Balaban J connectivity index is 2.36. The number of rotatable bonds is 3. The van der Waals surface area contributed by atoms with Gasteiger partial charge in [0.25, 0.3) is 15.0 Å². The van der Waals surface area contributed by atoms with Crippen LogP contribution in [0.1, 0.15) is 10.4 Å². The lowest BCUT2D eigenvalue weighted by atomic mass is 10.2. The lowest BCUT2D eigenvalue weighted by molar-refractivity contribution is 0.102. The molecule has 0 spiro atoms. The van der Waals surface area contributed by atoms with Crippen LogP contribution in [0.25, 0.3) is 0 Å². The molecule has 0 aliphatic carbocycles. The molecular weight excluding hydrogens is 324 g/mol. The summed E-state index contributed by atoms with van der Waals surface area (Å²) >= 11 is 0. The average Bonchev–Trinajstić information content (AvgIpc) is 2.42. The number of hydrogen-bond donors (Lipinski definition) is 1. The van der Waals surface area contributed by atoms with Crippen LogP contribution in [0.5, 0.6) is 0 Å². The Morgan fingerprint density at radius 1 is 1.05 bits per heavy atom. The van der Waals surface area contributed by atoms with Crippen LogP contribution in [0.2, 0.25) is 0 Å². The smallest absolute Gasteiger partial charge is 0.261 e. The van der Waals surface area contributed by atoms with Crippen LogP contribution in [0, 0.1) is 11.6 Å². The molecule has 21 heavy (non-hydrogen) atoms. The Morgan fingerprint density at radius 2 is 1.57 bits per heavy atom. The van der Waals surface area contributed by atoms with Gasteiger partial charge in [0.2, 0.25) is 0 Å². The summed E-state index contributed by atoms with van der Waals surface area (Å²) in [6, 6.07) is 8.84. The minimum Gasteiger partial charge on any atom is -0.317 e. The highest BCUT2D eigenvalue weighted by Gasteiger charge is 2.19. The molecule has 8 heteroatoms. The van der Waals surface area contributed by atoms with Gasteiger partial charge in [-0.2, -0.15) is 0 Å². The third kappa shape index (κ3) is 3.56. The SMILES string of the molecule is O=C(Nc1c(F)cc(S(=O)(=O)Cl)cc1F)c1ccccc1. The van der Waals surface area contributed by atoms with Crippen LogP contribution in [0.15, 0.2) is 47.4 Å². The topological polar surface area (TPSA) is 63.2 Å². The van der Waals surface area contributed by atoms with E-state index in [0.717, 1.165) is 0 Å². The molecule has 1 amide bonds. The van der Waals surface area contributed by atoms with E-state index in [0.29, 0.717) is 12.1 Å². The summed E-state index contributed by atoms with van der Waals surface area (Å²) in [5.41, 5.74) is -0.543. The van der Waals surface area contributed by atoms with Gasteiger partial charge in [-0.3, -0.25) is 4.79 Å². The Hall–Kier alpha value is -1.99. The second-order valence-electron chi connectivity index (χ2n) is 4.02. The summed E-state index contributed by atoms with van der Waals surface area (Å²) in [5, 5.41) is 2.05. The monoisotopic (exact) mass is 331 g/mol. The summed E-state index contributed by atoms with van der Waals surface area (Å²) in [7, 11) is 0.742. The van der Waals surface area contributed by atoms with Crippen molar-refractivity contribution in [2.75, 3.05) is 5.32 Å². The van der Waals surface area contributed by atoms with Crippen molar-refractivity contribution in [1.82, 2.24) is 0 Å². The maximum atomic E-state index is 13.7. The van der Waals surface area contributed by atoms with Crippen LogP contribution >= 0.6 is 10.7 Å². The maximum Gasteiger partial charge on any atom is 0.261 e. The molecule has 0 aliphatic heterocycles. The third-order valence-corrected chi connectivity index (χ3v) is 3.90. The predicted octanol–water partition coefficient (Wildman–Crippen LogP) is 3.14. The zero-order valence-corrected chi connectivity index (χ0v) is 11.9. The highest BCUT2D eigenvalue weighted by Crippen LogP contribution is 2.25. The van der Waals surface area contributed by atoms with Crippen molar-refractivity contribution in [3.8, 4) is 0 Å². The molecular formula is C13H8ClF2NO3S. The van der Waals surface area contributed by atoms with Crippen LogP contribution in [0.3, 0.4) is 0 Å². The first-order chi connectivity index (χ1) is 9.79.